The first-order valence-electron chi connectivity index (χ1n) is 4.64. The minimum absolute atomic E-state index is 0.0678. The molecule has 0 aliphatic carbocycles. The summed E-state index contributed by atoms with van der Waals surface area (Å²) in [5.41, 5.74) is 0.196. The van der Waals surface area contributed by atoms with Gasteiger partial charge in [-0.3, -0.25) is 0 Å². The van der Waals surface area contributed by atoms with Crippen molar-refractivity contribution in [2.75, 3.05) is 20.3 Å². The summed E-state index contributed by atoms with van der Waals surface area (Å²) in [7, 11) is 1.71. The number of nitrogens with zero attached hydrogens (tertiary/aromatic N) is 1. The Morgan fingerprint density at radius 3 is 2.62 bits per heavy atom. The predicted octanol–water partition coefficient (Wildman–Crippen LogP) is 1.55. The van der Waals surface area contributed by atoms with Crippen LogP contribution in [-0.4, -0.2) is 26.3 Å². The summed E-state index contributed by atoms with van der Waals surface area (Å²) in [5, 5.41) is 11.7. The van der Waals surface area contributed by atoms with Crippen molar-refractivity contribution in [3.05, 3.63) is 0 Å². The number of hydrogen-bond donors (Lipinski definition) is 1. The van der Waals surface area contributed by atoms with Crippen molar-refractivity contribution in [1.29, 1.82) is 5.26 Å². The summed E-state index contributed by atoms with van der Waals surface area (Å²) in [6.07, 6.45) is 1.01. The lowest BCUT2D eigenvalue weighted by Crippen LogP contribution is -2.35. The van der Waals surface area contributed by atoms with E-state index < -0.39 is 0 Å². The third kappa shape index (κ3) is 6.56. The Hall–Kier alpha value is -0.590. The fourth-order valence-corrected chi connectivity index (χ4v) is 0.942. The molecule has 1 unspecified atom stereocenters. The van der Waals surface area contributed by atoms with Gasteiger partial charge in [0.25, 0.3) is 0 Å². The Balaban J connectivity index is 3.69. The highest BCUT2D eigenvalue weighted by Gasteiger charge is 2.17. The lowest BCUT2D eigenvalue weighted by atomic mass is 9.89. The Morgan fingerprint density at radius 2 is 2.15 bits per heavy atom. The van der Waals surface area contributed by atoms with Gasteiger partial charge in [-0.05, 0) is 18.8 Å². The van der Waals surface area contributed by atoms with E-state index in [1.165, 1.54) is 0 Å². The molecular formula is C10H20N2O. The normalized spacial score (nSPS) is 13.8. The zero-order valence-electron chi connectivity index (χ0n) is 9.05. The van der Waals surface area contributed by atoms with Gasteiger partial charge >= 0.3 is 0 Å². The summed E-state index contributed by atoms with van der Waals surface area (Å²) in [5.74, 6) is 0. The van der Waals surface area contributed by atoms with Crippen LogP contribution in [0.5, 0.6) is 0 Å². The van der Waals surface area contributed by atoms with Gasteiger partial charge in [-0.2, -0.15) is 5.26 Å². The molecule has 0 aromatic rings. The maximum absolute atomic E-state index is 8.57. The third-order valence-electron chi connectivity index (χ3n) is 2.06. The molecular weight excluding hydrogens is 164 g/mol. The number of nitrogens with one attached hydrogen (secondary N) is 1. The molecule has 3 nitrogen and oxygen atoms in total. The van der Waals surface area contributed by atoms with Gasteiger partial charge < -0.3 is 10.1 Å². The zero-order chi connectivity index (χ0) is 10.3. The number of rotatable bonds is 6. The molecule has 1 N–H and O–H groups in total. The van der Waals surface area contributed by atoms with Crippen molar-refractivity contribution in [2.24, 2.45) is 5.41 Å². The molecule has 0 aromatic heterocycles. The van der Waals surface area contributed by atoms with Crippen molar-refractivity contribution >= 4 is 0 Å². The average Bonchev–Trinajstić information content (AvgIpc) is 2.11. The molecule has 0 aromatic carbocycles. The molecule has 0 aliphatic rings. The van der Waals surface area contributed by atoms with E-state index in [0.717, 1.165) is 19.6 Å². The molecule has 0 radical (unpaired) electrons. The maximum Gasteiger partial charge on any atom is 0.0924 e. The standard InChI is InChI=1S/C10H20N2O/c1-9(7-11)12-8-10(2,3)5-6-13-4/h9,12H,5-6,8H2,1-4H3. The molecule has 76 valence electrons. The molecule has 0 saturated carbocycles. The predicted molar refractivity (Wildman–Crippen MR) is 53.4 cm³/mol. The second-order valence-electron chi connectivity index (χ2n) is 4.14. The van der Waals surface area contributed by atoms with E-state index in [0.29, 0.717) is 0 Å². The van der Waals surface area contributed by atoms with Gasteiger partial charge in [0, 0.05) is 20.3 Å². The summed E-state index contributed by atoms with van der Waals surface area (Å²) in [6.45, 7) is 7.83. The van der Waals surface area contributed by atoms with Gasteiger partial charge in [-0.15, -0.1) is 0 Å². The van der Waals surface area contributed by atoms with Crippen LogP contribution in [0.4, 0.5) is 0 Å². The Labute approximate surface area is 81.1 Å². The summed E-state index contributed by atoms with van der Waals surface area (Å²) < 4.78 is 5.02. The van der Waals surface area contributed by atoms with E-state index in [2.05, 4.69) is 25.2 Å². The third-order valence-corrected chi connectivity index (χ3v) is 2.06. The lowest BCUT2D eigenvalue weighted by Gasteiger charge is -2.25. The van der Waals surface area contributed by atoms with Crippen LogP contribution in [0.15, 0.2) is 0 Å². The Bertz CT molecular complexity index is 172. The van der Waals surface area contributed by atoms with E-state index in [1.807, 2.05) is 6.92 Å². The van der Waals surface area contributed by atoms with Crippen LogP contribution in [0.25, 0.3) is 0 Å². The average molecular weight is 184 g/mol. The van der Waals surface area contributed by atoms with Crippen LogP contribution < -0.4 is 5.32 Å². The van der Waals surface area contributed by atoms with Gasteiger partial charge in [-0.25, -0.2) is 0 Å². The van der Waals surface area contributed by atoms with Crippen LogP contribution in [0, 0.1) is 16.7 Å². The fraction of sp³-hybridized carbons (Fsp3) is 0.900. The van der Waals surface area contributed by atoms with E-state index in [9.17, 15) is 0 Å². The van der Waals surface area contributed by atoms with Crippen molar-refractivity contribution in [3.63, 3.8) is 0 Å². The monoisotopic (exact) mass is 184 g/mol. The number of nitriles is 1. The lowest BCUT2D eigenvalue weighted by molar-refractivity contribution is 0.150. The van der Waals surface area contributed by atoms with Crippen molar-refractivity contribution in [3.8, 4) is 6.07 Å². The molecule has 13 heavy (non-hydrogen) atoms. The second-order valence-corrected chi connectivity index (χ2v) is 4.14. The van der Waals surface area contributed by atoms with E-state index in [1.54, 1.807) is 7.11 Å². The first-order chi connectivity index (χ1) is 6.02. The second kappa shape index (κ2) is 5.95. The highest BCUT2D eigenvalue weighted by Crippen LogP contribution is 2.18. The molecule has 0 heterocycles. The molecule has 0 bridgehead atoms. The first-order valence-corrected chi connectivity index (χ1v) is 4.64. The van der Waals surface area contributed by atoms with Crippen LogP contribution in [0.1, 0.15) is 27.2 Å². The van der Waals surface area contributed by atoms with Crippen molar-refractivity contribution in [2.45, 2.75) is 33.2 Å². The molecule has 1 atom stereocenters. The highest BCUT2D eigenvalue weighted by atomic mass is 16.5. The molecule has 0 fully saturated rings. The molecule has 0 amide bonds. The SMILES string of the molecule is COCCC(C)(C)CNC(C)C#N. The first kappa shape index (κ1) is 12.4. The summed E-state index contributed by atoms with van der Waals surface area (Å²) in [6, 6.07) is 2.08. The topological polar surface area (TPSA) is 45.0 Å². The maximum atomic E-state index is 8.57. The van der Waals surface area contributed by atoms with Crippen LogP contribution in [0.2, 0.25) is 0 Å². The highest BCUT2D eigenvalue weighted by molar-refractivity contribution is 4.87. The Morgan fingerprint density at radius 1 is 1.54 bits per heavy atom. The van der Waals surface area contributed by atoms with Gasteiger partial charge in [0.05, 0.1) is 12.1 Å². The minimum atomic E-state index is -0.0678. The smallest absolute Gasteiger partial charge is 0.0924 e. The largest absolute Gasteiger partial charge is 0.385 e. The van der Waals surface area contributed by atoms with Crippen LogP contribution in [-0.2, 0) is 4.74 Å². The molecule has 0 aliphatic heterocycles. The van der Waals surface area contributed by atoms with Gasteiger partial charge in [-0.1, -0.05) is 13.8 Å². The van der Waals surface area contributed by atoms with Crippen LogP contribution in [0.3, 0.4) is 0 Å². The molecule has 3 heteroatoms. The molecule has 0 spiro atoms. The van der Waals surface area contributed by atoms with E-state index in [-0.39, 0.29) is 11.5 Å². The number of methoxy groups -OCH3 is 1. The zero-order valence-corrected chi connectivity index (χ0v) is 9.05. The molecule has 0 rings (SSSR count). The summed E-state index contributed by atoms with van der Waals surface area (Å²) >= 11 is 0. The van der Waals surface area contributed by atoms with Gasteiger partial charge in [0.2, 0.25) is 0 Å². The van der Waals surface area contributed by atoms with Gasteiger partial charge in [0.15, 0.2) is 0 Å². The van der Waals surface area contributed by atoms with Gasteiger partial charge in [0.1, 0.15) is 0 Å². The summed E-state index contributed by atoms with van der Waals surface area (Å²) in [4.78, 5) is 0. The quantitative estimate of drug-likeness (QED) is 0.681. The van der Waals surface area contributed by atoms with E-state index >= 15 is 0 Å². The minimum Gasteiger partial charge on any atom is -0.385 e. The number of hydrogen-bond acceptors (Lipinski definition) is 3. The van der Waals surface area contributed by atoms with Crippen LogP contribution >= 0.6 is 0 Å². The Kier molecular flexibility index (Phi) is 5.68. The van der Waals surface area contributed by atoms with E-state index in [4.69, 9.17) is 10.00 Å². The molecule has 0 saturated heterocycles. The van der Waals surface area contributed by atoms with Crippen molar-refractivity contribution in [1.82, 2.24) is 5.32 Å². The van der Waals surface area contributed by atoms with Crippen molar-refractivity contribution < 1.29 is 4.74 Å². The fourth-order valence-electron chi connectivity index (χ4n) is 0.942. The number of ether oxygens (including phenoxy) is 1.